The van der Waals surface area contributed by atoms with Gasteiger partial charge in [0.15, 0.2) is 11.3 Å². The van der Waals surface area contributed by atoms with E-state index in [0.717, 1.165) is 0 Å². The van der Waals surface area contributed by atoms with Gasteiger partial charge in [-0.2, -0.15) is 5.10 Å². The second-order valence-electron chi connectivity index (χ2n) is 2.92. The van der Waals surface area contributed by atoms with Crippen LogP contribution in [0.4, 0.5) is 0 Å². The average Bonchev–Trinajstić information content (AvgIpc) is 2.88. The Balaban J connectivity index is 0.000000829. The largest absolute Gasteiger partial charge is 0.461 e. The van der Waals surface area contributed by atoms with E-state index in [4.69, 9.17) is 27.9 Å². The van der Waals surface area contributed by atoms with Crippen LogP contribution in [-0.2, 0) is 4.74 Å². The maximum absolute atomic E-state index is 11.4. The van der Waals surface area contributed by atoms with Crippen molar-refractivity contribution in [3.05, 3.63) is 28.1 Å². The summed E-state index contributed by atoms with van der Waals surface area (Å²) in [4.78, 5) is 15.4. The number of halogens is 2. The number of hydrogen-bond acceptors (Lipinski definition) is 4. The fourth-order valence-electron chi connectivity index (χ4n) is 1.21. The number of nitrogens with zero attached hydrogens (tertiary/aromatic N) is 3. The number of fused-ring (bicyclic) bond motifs is 1. The van der Waals surface area contributed by atoms with E-state index >= 15 is 0 Å². The Hall–Kier alpha value is -1.33. The van der Waals surface area contributed by atoms with Crippen LogP contribution in [0.1, 0.15) is 45.1 Å². The first kappa shape index (κ1) is 18.7. The highest BCUT2D eigenvalue weighted by Crippen LogP contribution is 2.17. The Morgan fingerprint density at radius 3 is 2.40 bits per heavy atom. The molecule has 2 rings (SSSR count). The van der Waals surface area contributed by atoms with Crippen LogP contribution in [0, 0.1) is 0 Å². The maximum Gasteiger partial charge on any atom is 0.358 e. The van der Waals surface area contributed by atoms with E-state index in [-0.39, 0.29) is 22.6 Å². The van der Waals surface area contributed by atoms with Crippen molar-refractivity contribution in [1.82, 2.24) is 14.6 Å². The normalized spacial score (nSPS) is 9.15. The molecule has 2 aromatic heterocycles. The highest BCUT2D eigenvalue weighted by molar-refractivity contribution is 6.33. The molecule has 2 aromatic rings. The molecule has 0 fully saturated rings. The molecule has 0 spiro atoms. The van der Waals surface area contributed by atoms with Gasteiger partial charge in [-0.05, 0) is 6.92 Å². The lowest BCUT2D eigenvalue weighted by Gasteiger charge is -1.96. The first-order valence-corrected chi connectivity index (χ1v) is 7.26. The highest BCUT2D eigenvalue weighted by atomic mass is 35.5. The number of rotatable bonds is 2. The first-order chi connectivity index (χ1) is 9.61. The minimum absolute atomic E-state index is 0.151. The van der Waals surface area contributed by atoms with Crippen LogP contribution in [0.2, 0.25) is 10.3 Å². The topological polar surface area (TPSA) is 56.5 Å². The molecule has 5 nitrogen and oxygen atoms in total. The van der Waals surface area contributed by atoms with Crippen molar-refractivity contribution in [3.8, 4) is 0 Å². The van der Waals surface area contributed by atoms with E-state index in [9.17, 15) is 4.79 Å². The third-order valence-electron chi connectivity index (χ3n) is 1.84. The SMILES string of the molecule is CC.CC.CCOC(=O)c1cc2nc(Cl)cc(Cl)n2n1. The van der Waals surface area contributed by atoms with Crippen LogP contribution in [0.25, 0.3) is 5.65 Å². The summed E-state index contributed by atoms with van der Waals surface area (Å²) >= 11 is 11.6. The third-order valence-corrected chi connectivity index (χ3v) is 2.30. The van der Waals surface area contributed by atoms with Crippen molar-refractivity contribution in [2.75, 3.05) is 6.61 Å². The highest BCUT2D eigenvalue weighted by Gasteiger charge is 2.14. The summed E-state index contributed by atoms with van der Waals surface area (Å²) in [6.45, 7) is 10.0. The lowest BCUT2D eigenvalue weighted by atomic mass is 10.4. The summed E-state index contributed by atoms with van der Waals surface area (Å²) in [5.74, 6) is -0.514. The number of carbonyl (C=O) groups excluding carboxylic acids is 1. The number of ether oxygens (including phenoxy) is 1. The molecule has 0 radical (unpaired) electrons. The Bertz CT molecular complexity index is 556. The molecule has 0 aliphatic heterocycles. The Kier molecular flexibility index (Phi) is 8.92. The molecule has 7 heteroatoms. The van der Waals surface area contributed by atoms with Crippen LogP contribution >= 0.6 is 23.2 Å². The van der Waals surface area contributed by atoms with Gasteiger partial charge in [0.1, 0.15) is 10.3 Å². The standard InChI is InChI=1S/C9H7Cl2N3O2.2C2H6/c1-2-16-9(15)5-3-8-12-6(10)4-7(11)14(8)13-5;2*1-2/h3-4H,2H2,1H3;2*1-2H3. The molecule has 20 heavy (non-hydrogen) atoms. The summed E-state index contributed by atoms with van der Waals surface area (Å²) in [6, 6.07) is 2.91. The number of hydrogen-bond donors (Lipinski definition) is 0. The lowest BCUT2D eigenvalue weighted by molar-refractivity contribution is 0.0519. The molecular formula is C13H19Cl2N3O2. The maximum atomic E-state index is 11.4. The zero-order chi connectivity index (χ0) is 15.7. The summed E-state index contributed by atoms with van der Waals surface area (Å²) in [6.07, 6.45) is 0. The van der Waals surface area contributed by atoms with Gasteiger partial charge >= 0.3 is 5.97 Å². The molecule has 0 aliphatic rings. The van der Waals surface area contributed by atoms with Crippen LogP contribution in [-0.4, -0.2) is 27.2 Å². The fraction of sp³-hybridized carbons (Fsp3) is 0.462. The minimum Gasteiger partial charge on any atom is -0.461 e. The fourth-order valence-corrected chi connectivity index (χ4v) is 1.69. The van der Waals surface area contributed by atoms with Gasteiger partial charge in [0.2, 0.25) is 0 Å². The molecule has 2 heterocycles. The summed E-state index contributed by atoms with van der Waals surface area (Å²) < 4.78 is 6.13. The lowest BCUT2D eigenvalue weighted by Crippen LogP contribution is -2.05. The zero-order valence-corrected chi connectivity index (χ0v) is 13.8. The van der Waals surface area contributed by atoms with Gasteiger partial charge in [-0.25, -0.2) is 14.3 Å². The second-order valence-corrected chi connectivity index (χ2v) is 3.70. The molecule has 0 atom stereocenters. The van der Waals surface area contributed by atoms with E-state index in [1.165, 1.54) is 16.6 Å². The zero-order valence-electron chi connectivity index (χ0n) is 12.3. The molecule has 0 bridgehead atoms. The van der Waals surface area contributed by atoms with Crippen molar-refractivity contribution in [3.63, 3.8) is 0 Å². The molecule has 112 valence electrons. The van der Waals surface area contributed by atoms with Crippen LogP contribution in [0.3, 0.4) is 0 Å². The molecule has 0 unspecified atom stereocenters. The van der Waals surface area contributed by atoms with E-state index in [0.29, 0.717) is 5.65 Å². The summed E-state index contributed by atoms with van der Waals surface area (Å²) in [5, 5.41) is 4.49. The van der Waals surface area contributed by atoms with Crippen LogP contribution < -0.4 is 0 Å². The summed E-state index contributed by atoms with van der Waals surface area (Å²) in [7, 11) is 0. The minimum atomic E-state index is -0.514. The quantitative estimate of drug-likeness (QED) is 0.612. The third kappa shape index (κ3) is 4.65. The Morgan fingerprint density at radius 1 is 1.25 bits per heavy atom. The van der Waals surface area contributed by atoms with E-state index in [1.807, 2.05) is 27.7 Å². The number of aromatic nitrogens is 3. The molecule has 0 amide bonds. The molecule has 0 aliphatic carbocycles. The Morgan fingerprint density at radius 2 is 1.85 bits per heavy atom. The van der Waals surface area contributed by atoms with Gasteiger partial charge in [0, 0.05) is 12.1 Å². The molecular weight excluding hydrogens is 301 g/mol. The molecule has 0 saturated heterocycles. The van der Waals surface area contributed by atoms with Gasteiger partial charge in [0.25, 0.3) is 0 Å². The molecule has 0 aromatic carbocycles. The van der Waals surface area contributed by atoms with Crippen molar-refractivity contribution < 1.29 is 9.53 Å². The monoisotopic (exact) mass is 319 g/mol. The van der Waals surface area contributed by atoms with Crippen LogP contribution in [0.5, 0.6) is 0 Å². The second kappa shape index (κ2) is 9.55. The molecule has 0 N–H and O–H groups in total. The van der Waals surface area contributed by atoms with Crippen molar-refractivity contribution in [2.24, 2.45) is 0 Å². The van der Waals surface area contributed by atoms with Crippen molar-refractivity contribution in [2.45, 2.75) is 34.6 Å². The van der Waals surface area contributed by atoms with Crippen molar-refractivity contribution in [1.29, 1.82) is 0 Å². The predicted octanol–water partition coefficient (Wildman–Crippen LogP) is 4.27. The van der Waals surface area contributed by atoms with Gasteiger partial charge < -0.3 is 4.74 Å². The number of esters is 1. The van der Waals surface area contributed by atoms with E-state index < -0.39 is 5.97 Å². The van der Waals surface area contributed by atoms with Crippen molar-refractivity contribution >= 4 is 34.8 Å². The van der Waals surface area contributed by atoms with E-state index in [1.54, 1.807) is 6.92 Å². The predicted molar refractivity (Wildman–Crippen MR) is 81.7 cm³/mol. The Labute approximate surface area is 128 Å². The number of carbonyl (C=O) groups is 1. The van der Waals surface area contributed by atoms with Gasteiger partial charge in [-0.1, -0.05) is 50.9 Å². The van der Waals surface area contributed by atoms with Crippen LogP contribution in [0.15, 0.2) is 12.1 Å². The molecule has 0 saturated carbocycles. The van der Waals surface area contributed by atoms with E-state index in [2.05, 4.69) is 10.1 Å². The average molecular weight is 320 g/mol. The van der Waals surface area contributed by atoms with Gasteiger partial charge in [0.05, 0.1) is 6.61 Å². The van der Waals surface area contributed by atoms with Gasteiger partial charge in [-0.15, -0.1) is 0 Å². The summed E-state index contributed by atoms with van der Waals surface area (Å²) in [5.41, 5.74) is 0.555. The van der Waals surface area contributed by atoms with Gasteiger partial charge in [-0.3, -0.25) is 0 Å². The first-order valence-electron chi connectivity index (χ1n) is 6.50. The smallest absolute Gasteiger partial charge is 0.358 e.